The Kier molecular flexibility index (Phi) is 5.10. The lowest BCUT2D eigenvalue weighted by Crippen LogP contribution is -2.23. The number of esters is 1. The van der Waals surface area contributed by atoms with Gasteiger partial charge in [0.05, 0.1) is 12.5 Å². The lowest BCUT2D eigenvalue weighted by Gasteiger charge is -2.12. The van der Waals surface area contributed by atoms with Gasteiger partial charge in [0.25, 0.3) is 0 Å². The number of carbonyl (C=O) groups excluding carboxylic acids is 1. The molecule has 98 valence electrons. The predicted octanol–water partition coefficient (Wildman–Crippen LogP) is 1.39. The zero-order chi connectivity index (χ0) is 13.5. The molecule has 0 spiro atoms. The van der Waals surface area contributed by atoms with Crippen LogP contribution in [0.3, 0.4) is 0 Å². The van der Waals surface area contributed by atoms with E-state index in [2.05, 4.69) is 10.3 Å². The fraction of sp³-hybridized carbons (Fsp3) is 0.417. The first kappa shape index (κ1) is 14.0. The number of carbonyl (C=O) groups is 2. The summed E-state index contributed by atoms with van der Waals surface area (Å²) in [5.74, 6) is -1.28. The van der Waals surface area contributed by atoms with Crippen molar-refractivity contribution in [3.05, 3.63) is 23.9 Å². The monoisotopic (exact) mass is 252 g/mol. The van der Waals surface area contributed by atoms with Crippen LogP contribution in [0.2, 0.25) is 0 Å². The number of nitrogens with one attached hydrogen (secondary N) is 1. The highest BCUT2D eigenvalue weighted by atomic mass is 16.5. The van der Waals surface area contributed by atoms with Crippen molar-refractivity contribution >= 4 is 17.8 Å². The quantitative estimate of drug-likeness (QED) is 0.744. The van der Waals surface area contributed by atoms with Gasteiger partial charge in [-0.2, -0.15) is 0 Å². The molecule has 6 nitrogen and oxygen atoms in total. The SMILES string of the molecule is CCOC(=O)C(C)CNc1cccc(C(=O)O)n1. The van der Waals surface area contributed by atoms with Crippen molar-refractivity contribution in [3.8, 4) is 0 Å². The second-order valence-electron chi connectivity index (χ2n) is 3.75. The van der Waals surface area contributed by atoms with Gasteiger partial charge in [-0.3, -0.25) is 4.79 Å². The minimum Gasteiger partial charge on any atom is -0.477 e. The maximum Gasteiger partial charge on any atom is 0.354 e. The Morgan fingerprint density at radius 2 is 2.22 bits per heavy atom. The first-order valence-corrected chi connectivity index (χ1v) is 5.65. The third-order valence-corrected chi connectivity index (χ3v) is 2.25. The molecule has 1 heterocycles. The van der Waals surface area contributed by atoms with Crippen molar-refractivity contribution < 1.29 is 19.4 Å². The van der Waals surface area contributed by atoms with E-state index in [1.54, 1.807) is 26.0 Å². The Morgan fingerprint density at radius 1 is 1.50 bits per heavy atom. The van der Waals surface area contributed by atoms with Crippen molar-refractivity contribution in [2.75, 3.05) is 18.5 Å². The van der Waals surface area contributed by atoms with Gasteiger partial charge in [0.1, 0.15) is 5.82 Å². The molecule has 1 atom stereocenters. The molecule has 0 saturated heterocycles. The van der Waals surface area contributed by atoms with Crippen LogP contribution in [0.1, 0.15) is 24.3 Å². The molecule has 1 aromatic rings. The van der Waals surface area contributed by atoms with Crippen molar-refractivity contribution in [2.24, 2.45) is 5.92 Å². The van der Waals surface area contributed by atoms with E-state index in [9.17, 15) is 9.59 Å². The lowest BCUT2D eigenvalue weighted by molar-refractivity contribution is -0.146. The van der Waals surface area contributed by atoms with Crippen LogP contribution in [0.25, 0.3) is 0 Å². The summed E-state index contributed by atoms with van der Waals surface area (Å²) in [4.78, 5) is 26.0. The van der Waals surface area contributed by atoms with E-state index in [0.717, 1.165) is 0 Å². The fourth-order valence-corrected chi connectivity index (χ4v) is 1.28. The average molecular weight is 252 g/mol. The molecule has 1 unspecified atom stereocenters. The minimum absolute atomic E-state index is 0.0382. The van der Waals surface area contributed by atoms with Crippen molar-refractivity contribution in [3.63, 3.8) is 0 Å². The number of pyridine rings is 1. The van der Waals surface area contributed by atoms with Crippen LogP contribution >= 0.6 is 0 Å². The summed E-state index contributed by atoms with van der Waals surface area (Å²) in [6.45, 7) is 4.16. The Hall–Kier alpha value is -2.11. The molecule has 18 heavy (non-hydrogen) atoms. The number of rotatable bonds is 6. The van der Waals surface area contributed by atoms with Crippen molar-refractivity contribution in [1.82, 2.24) is 4.98 Å². The number of carboxylic acids is 1. The molecule has 0 radical (unpaired) electrons. The number of aromatic carboxylic acids is 1. The van der Waals surface area contributed by atoms with Gasteiger partial charge in [0, 0.05) is 6.54 Å². The Bertz CT molecular complexity index is 434. The number of hydrogen-bond acceptors (Lipinski definition) is 5. The van der Waals surface area contributed by atoms with E-state index in [0.29, 0.717) is 19.0 Å². The summed E-state index contributed by atoms with van der Waals surface area (Å²) in [6, 6.07) is 4.64. The van der Waals surface area contributed by atoms with Gasteiger partial charge < -0.3 is 15.2 Å². The van der Waals surface area contributed by atoms with Crippen LogP contribution in [-0.2, 0) is 9.53 Å². The maximum absolute atomic E-state index is 11.4. The molecular weight excluding hydrogens is 236 g/mol. The fourth-order valence-electron chi connectivity index (χ4n) is 1.28. The first-order chi connectivity index (χ1) is 8.54. The maximum atomic E-state index is 11.4. The van der Waals surface area contributed by atoms with Gasteiger partial charge in [-0.15, -0.1) is 0 Å². The number of carboxylic acid groups (broad SMARTS) is 1. The van der Waals surface area contributed by atoms with Crippen LogP contribution in [-0.4, -0.2) is 35.2 Å². The van der Waals surface area contributed by atoms with E-state index >= 15 is 0 Å². The van der Waals surface area contributed by atoms with Gasteiger partial charge in [-0.1, -0.05) is 13.0 Å². The van der Waals surface area contributed by atoms with Gasteiger partial charge in [-0.25, -0.2) is 9.78 Å². The zero-order valence-electron chi connectivity index (χ0n) is 10.3. The lowest BCUT2D eigenvalue weighted by atomic mass is 10.2. The summed E-state index contributed by atoms with van der Waals surface area (Å²) < 4.78 is 4.86. The van der Waals surface area contributed by atoms with E-state index in [-0.39, 0.29) is 17.6 Å². The molecule has 0 aromatic carbocycles. The highest BCUT2D eigenvalue weighted by molar-refractivity contribution is 5.85. The Labute approximate surface area is 105 Å². The molecule has 0 aliphatic carbocycles. The standard InChI is InChI=1S/C12H16N2O4/c1-3-18-12(17)8(2)7-13-10-6-4-5-9(14-10)11(15)16/h4-6,8H,3,7H2,1-2H3,(H,13,14)(H,15,16). The summed E-state index contributed by atoms with van der Waals surface area (Å²) in [5.41, 5.74) is -0.0382. The molecule has 0 aliphatic rings. The molecule has 0 aliphatic heterocycles. The normalized spacial score (nSPS) is 11.7. The molecule has 0 fully saturated rings. The van der Waals surface area contributed by atoms with E-state index in [1.165, 1.54) is 6.07 Å². The second kappa shape index (κ2) is 6.58. The number of ether oxygens (including phenoxy) is 1. The van der Waals surface area contributed by atoms with Gasteiger partial charge in [0.2, 0.25) is 0 Å². The smallest absolute Gasteiger partial charge is 0.354 e. The molecule has 0 bridgehead atoms. The first-order valence-electron chi connectivity index (χ1n) is 5.65. The summed E-state index contributed by atoms with van der Waals surface area (Å²) >= 11 is 0. The minimum atomic E-state index is -1.09. The number of hydrogen-bond donors (Lipinski definition) is 2. The topological polar surface area (TPSA) is 88.5 Å². The molecule has 0 amide bonds. The van der Waals surface area contributed by atoms with Gasteiger partial charge in [-0.05, 0) is 19.1 Å². The van der Waals surface area contributed by atoms with Crippen LogP contribution in [0.4, 0.5) is 5.82 Å². The van der Waals surface area contributed by atoms with Crippen LogP contribution in [0.15, 0.2) is 18.2 Å². The molecule has 6 heteroatoms. The largest absolute Gasteiger partial charge is 0.477 e. The van der Waals surface area contributed by atoms with E-state index < -0.39 is 5.97 Å². The molecule has 0 saturated carbocycles. The second-order valence-corrected chi connectivity index (χ2v) is 3.75. The van der Waals surface area contributed by atoms with Crippen molar-refractivity contribution in [2.45, 2.75) is 13.8 Å². The number of aromatic nitrogens is 1. The van der Waals surface area contributed by atoms with Crippen LogP contribution < -0.4 is 5.32 Å². The van der Waals surface area contributed by atoms with Crippen LogP contribution in [0, 0.1) is 5.92 Å². The number of nitrogens with zero attached hydrogens (tertiary/aromatic N) is 1. The molecule has 1 aromatic heterocycles. The predicted molar refractivity (Wildman–Crippen MR) is 65.5 cm³/mol. The van der Waals surface area contributed by atoms with Gasteiger partial charge in [0.15, 0.2) is 5.69 Å². The average Bonchev–Trinajstić information content (AvgIpc) is 2.36. The third kappa shape index (κ3) is 4.04. The van der Waals surface area contributed by atoms with Crippen LogP contribution in [0.5, 0.6) is 0 Å². The van der Waals surface area contributed by atoms with E-state index in [1.807, 2.05) is 0 Å². The highest BCUT2D eigenvalue weighted by Crippen LogP contribution is 2.07. The Balaban J connectivity index is 2.55. The summed E-state index contributed by atoms with van der Waals surface area (Å²) in [5, 5.41) is 11.7. The molecule has 1 rings (SSSR count). The number of anilines is 1. The summed E-state index contributed by atoms with van der Waals surface area (Å²) in [7, 11) is 0. The Morgan fingerprint density at radius 3 is 2.83 bits per heavy atom. The third-order valence-electron chi connectivity index (χ3n) is 2.25. The van der Waals surface area contributed by atoms with E-state index in [4.69, 9.17) is 9.84 Å². The zero-order valence-corrected chi connectivity index (χ0v) is 10.3. The van der Waals surface area contributed by atoms with Gasteiger partial charge >= 0.3 is 11.9 Å². The highest BCUT2D eigenvalue weighted by Gasteiger charge is 2.14. The van der Waals surface area contributed by atoms with Crippen molar-refractivity contribution in [1.29, 1.82) is 0 Å². The molecule has 2 N–H and O–H groups in total. The summed E-state index contributed by atoms with van der Waals surface area (Å²) in [6.07, 6.45) is 0. The molecular formula is C12H16N2O4.